The number of hydrogen-bond acceptors (Lipinski definition) is 16. The molecule has 0 aromatic heterocycles. The molecule has 4 aromatic carbocycles. The van der Waals surface area contributed by atoms with Crippen molar-refractivity contribution in [2.45, 2.75) is 120 Å². The molecular formula is C56H71ClN10O12S2. The predicted octanol–water partition coefficient (Wildman–Crippen LogP) is 0.860. The second kappa shape index (κ2) is 32.3. The average molecular weight is 1180 g/mol. The lowest BCUT2D eigenvalue weighted by molar-refractivity contribution is -0.137. The molecule has 0 radical (unpaired) electrons. The van der Waals surface area contributed by atoms with Gasteiger partial charge in [0.2, 0.25) is 47.3 Å². The van der Waals surface area contributed by atoms with Crippen LogP contribution in [0, 0.1) is 5.92 Å². The number of unbranched alkanes of at least 4 members (excludes halogenated alkanes) is 1. The fraction of sp³-hybridized carbons (Fsp3) is 0.411. The maximum Gasteiger partial charge on any atom is 0.245 e. The van der Waals surface area contributed by atoms with Gasteiger partial charge in [-0.25, -0.2) is 0 Å². The molecule has 8 amide bonds. The average Bonchev–Trinajstić information content (AvgIpc) is 3.44. The van der Waals surface area contributed by atoms with Crippen molar-refractivity contribution in [1.82, 2.24) is 37.2 Å². The number of carbonyl (C=O) groups is 9. The van der Waals surface area contributed by atoms with Gasteiger partial charge in [-0.3, -0.25) is 43.2 Å². The van der Waals surface area contributed by atoms with E-state index in [0.717, 1.165) is 27.2 Å². The van der Waals surface area contributed by atoms with E-state index in [1.807, 2.05) is 0 Å². The summed E-state index contributed by atoms with van der Waals surface area (Å²) in [5, 5.41) is 50.1. The molecule has 1 aliphatic heterocycles. The number of halogens is 1. The Morgan fingerprint density at radius 2 is 1.23 bits per heavy atom. The summed E-state index contributed by atoms with van der Waals surface area (Å²) in [6, 6.07) is 15.3. The lowest BCUT2D eigenvalue weighted by Gasteiger charge is -2.29. The van der Waals surface area contributed by atoms with Gasteiger partial charge in [-0.1, -0.05) is 93.9 Å². The Morgan fingerprint density at radius 3 is 1.84 bits per heavy atom. The van der Waals surface area contributed by atoms with Gasteiger partial charge in [0.1, 0.15) is 41.7 Å². The topological polar surface area (TPSA) is 377 Å². The minimum absolute atomic E-state index is 0.0235. The highest BCUT2D eigenvalue weighted by Gasteiger charge is 2.37. The molecule has 0 spiro atoms. The number of hydrogen-bond donors (Lipinski definition) is 13. The maximum absolute atomic E-state index is 14.9. The highest BCUT2D eigenvalue weighted by Crippen LogP contribution is 2.26. The number of primary amides is 1. The van der Waals surface area contributed by atoms with Crippen molar-refractivity contribution < 1.29 is 58.5 Å². The van der Waals surface area contributed by atoms with Gasteiger partial charge in [-0.2, -0.15) is 0 Å². The van der Waals surface area contributed by atoms with Crippen LogP contribution in [-0.4, -0.2) is 135 Å². The van der Waals surface area contributed by atoms with Crippen LogP contribution in [0.5, 0.6) is 11.5 Å². The maximum atomic E-state index is 14.9. The minimum Gasteiger partial charge on any atom is -0.508 e. The number of rotatable bonds is 20. The molecule has 0 aliphatic carbocycles. The first-order valence-corrected chi connectivity index (χ1v) is 29.1. The zero-order valence-electron chi connectivity index (χ0n) is 44.9. The number of aromatic hydroxyl groups is 2. The van der Waals surface area contributed by atoms with E-state index in [9.17, 15) is 58.5 Å². The van der Waals surface area contributed by atoms with Gasteiger partial charge in [0.25, 0.3) is 0 Å². The molecule has 1 fully saturated rings. The third kappa shape index (κ3) is 21.6. The van der Waals surface area contributed by atoms with Crippen molar-refractivity contribution in [3.63, 3.8) is 0 Å². The van der Waals surface area contributed by atoms with Crippen LogP contribution in [0.2, 0.25) is 5.02 Å². The molecule has 22 nitrogen and oxygen atoms in total. The van der Waals surface area contributed by atoms with Gasteiger partial charge in [-0.15, -0.1) is 0 Å². The van der Waals surface area contributed by atoms with E-state index in [0.29, 0.717) is 40.1 Å². The van der Waals surface area contributed by atoms with E-state index < -0.39 is 108 Å². The summed E-state index contributed by atoms with van der Waals surface area (Å²) < 4.78 is 0. The summed E-state index contributed by atoms with van der Waals surface area (Å²) >= 11 is 6.08. The van der Waals surface area contributed by atoms with Gasteiger partial charge in [0.05, 0.1) is 18.2 Å². The van der Waals surface area contributed by atoms with E-state index in [1.54, 1.807) is 60.7 Å². The number of nitrogens with one attached hydrogen (secondary N) is 7. The molecule has 1 aliphatic rings. The third-order valence-corrected chi connectivity index (χ3v) is 15.8. The smallest absolute Gasteiger partial charge is 0.245 e. The summed E-state index contributed by atoms with van der Waals surface area (Å²) in [7, 11) is 1.99. The first kappa shape index (κ1) is 64.6. The molecule has 436 valence electrons. The number of aliphatic hydroxyl groups is 1. The van der Waals surface area contributed by atoms with E-state index >= 15 is 0 Å². The molecule has 1 saturated heterocycles. The molecule has 0 bridgehead atoms. The lowest BCUT2D eigenvalue weighted by Crippen LogP contribution is -2.62. The van der Waals surface area contributed by atoms with E-state index in [2.05, 4.69) is 37.2 Å². The monoisotopic (exact) mass is 1170 g/mol. The Morgan fingerprint density at radius 1 is 0.691 bits per heavy atom. The Kier molecular flexibility index (Phi) is 25.7. The van der Waals surface area contributed by atoms with Crippen molar-refractivity contribution >= 4 is 86.2 Å². The summed E-state index contributed by atoms with van der Waals surface area (Å²) in [5.41, 5.74) is 21.0. The number of benzene rings is 4. The van der Waals surface area contributed by atoms with E-state index in [-0.39, 0.29) is 74.1 Å². The van der Waals surface area contributed by atoms with E-state index in [1.165, 1.54) is 50.2 Å². The SMILES string of the molecule is CC(=O)NCc1ccc(C[C@H]2NC(=O)[C@H](Cc3ccc(O)cc3)CC(=O)[C@H](NC(=O)[C@@H](N)Cc3ccc(Cl)cc3)CSSC[C@@H](C(=O)N[C@H](Cc3ccc(O)cc3)C(N)=O)NC(=O)[C@H]([C@@H](C)O)NC(=O)[C@H](CCCCN)NC2=O)cc1. The fourth-order valence-corrected chi connectivity index (χ4v) is 11.0. The largest absolute Gasteiger partial charge is 0.508 e. The fourth-order valence-electron chi connectivity index (χ4n) is 8.51. The van der Waals surface area contributed by atoms with Crippen LogP contribution in [0.1, 0.15) is 67.3 Å². The number of amides is 8. The molecule has 4 aromatic rings. The van der Waals surface area contributed by atoms with Crippen molar-refractivity contribution in [3.05, 3.63) is 130 Å². The van der Waals surface area contributed by atoms with E-state index in [4.69, 9.17) is 28.8 Å². The second-order valence-electron chi connectivity index (χ2n) is 19.8. The number of aliphatic hydroxyl groups excluding tert-OH is 1. The van der Waals surface area contributed by atoms with Gasteiger partial charge in [0.15, 0.2) is 5.78 Å². The Labute approximate surface area is 482 Å². The quantitative estimate of drug-likeness (QED) is 0.0431. The Hall–Kier alpha value is -7.22. The van der Waals surface area contributed by atoms with Crippen LogP contribution in [0.3, 0.4) is 0 Å². The normalized spacial score (nSPS) is 20.9. The molecule has 0 unspecified atom stereocenters. The van der Waals surface area contributed by atoms with Crippen LogP contribution in [-0.2, 0) is 75.4 Å². The summed E-state index contributed by atoms with van der Waals surface area (Å²) in [6.45, 7) is 3.04. The van der Waals surface area contributed by atoms with Crippen molar-refractivity contribution in [1.29, 1.82) is 0 Å². The summed E-state index contributed by atoms with van der Waals surface area (Å²) in [5.74, 6) is -8.79. The standard InChI is InChI=1S/C56H71ClN10O12S2/c1-31(68)49-56(79)66-47(55(78)63-44(50(60)73)25-36-14-20-41(71)21-15-36)30-81-80-29-46(65-52(75)42(59)24-34-10-16-39(57)17-11-34)48(72)27-38(23-33-12-18-40(70)19-13-33)51(74)64-45(26-35-6-8-37(9-7-35)28-61-32(2)69)54(77)62-43(53(76)67-49)5-3-4-22-58/h6-21,31,38,42-47,49,68,70-71H,3-5,22-30,58-59H2,1-2H3,(H2,60,73)(H,61,69)(H,62,77)(H,63,78)(H,64,74)(H,65,75)(H,66,79)(H,67,76)/t31-,38-,42+,43+,44-,45-,46-,47+,49+/m1/s1. The van der Waals surface area contributed by atoms with Gasteiger partial charge >= 0.3 is 0 Å². The molecule has 0 saturated carbocycles. The lowest BCUT2D eigenvalue weighted by atomic mass is 9.90. The first-order chi connectivity index (χ1) is 38.6. The molecule has 25 heteroatoms. The highest BCUT2D eigenvalue weighted by molar-refractivity contribution is 8.76. The molecule has 81 heavy (non-hydrogen) atoms. The molecular weight excluding hydrogens is 1100 g/mol. The molecule has 9 atom stereocenters. The zero-order chi connectivity index (χ0) is 59.2. The second-order valence-corrected chi connectivity index (χ2v) is 22.8. The number of nitrogens with two attached hydrogens (primary N) is 3. The third-order valence-electron chi connectivity index (χ3n) is 13.1. The van der Waals surface area contributed by atoms with Gasteiger partial charge in [0, 0.05) is 55.2 Å². The predicted molar refractivity (Wildman–Crippen MR) is 308 cm³/mol. The summed E-state index contributed by atoms with van der Waals surface area (Å²) in [6.07, 6.45) is -1.72. The Balaban J connectivity index is 1.57. The van der Waals surface area contributed by atoms with Crippen LogP contribution < -0.4 is 54.4 Å². The van der Waals surface area contributed by atoms with Gasteiger partial charge in [-0.05, 0) is 110 Å². The summed E-state index contributed by atoms with van der Waals surface area (Å²) in [4.78, 5) is 126. The van der Waals surface area contributed by atoms with Crippen LogP contribution in [0.25, 0.3) is 0 Å². The number of phenolic OH excluding ortho intramolecular Hbond substituents is 2. The number of phenols is 2. The molecule has 5 rings (SSSR count). The Bertz CT molecular complexity index is 2800. The first-order valence-electron chi connectivity index (χ1n) is 26.2. The van der Waals surface area contributed by atoms with Crippen molar-refractivity contribution in [2.24, 2.45) is 23.1 Å². The van der Waals surface area contributed by atoms with Gasteiger partial charge < -0.3 is 69.7 Å². The van der Waals surface area contributed by atoms with Crippen LogP contribution >= 0.6 is 33.2 Å². The zero-order valence-corrected chi connectivity index (χ0v) is 47.3. The van der Waals surface area contributed by atoms with Crippen LogP contribution in [0.15, 0.2) is 97.1 Å². The number of carbonyl (C=O) groups excluding carboxylic acids is 9. The number of Topliss-reactive ketones (excluding diaryl/α,β-unsaturated/α-hetero) is 1. The highest BCUT2D eigenvalue weighted by atomic mass is 35.5. The van der Waals surface area contributed by atoms with Crippen LogP contribution in [0.4, 0.5) is 0 Å². The molecule has 1 heterocycles. The minimum atomic E-state index is -1.74. The molecule has 16 N–H and O–H groups in total. The number of ketones is 1. The van der Waals surface area contributed by atoms with Crippen molar-refractivity contribution in [3.8, 4) is 11.5 Å². The van der Waals surface area contributed by atoms with Crippen molar-refractivity contribution in [2.75, 3.05) is 18.1 Å².